The Morgan fingerprint density at radius 1 is 0.410 bits per heavy atom. The molecule has 0 fully saturated rings. The molecular weight excluding hydrogens is 1000 g/mol. The molecule has 0 saturated heterocycles. The van der Waals surface area contributed by atoms with Crippen LogP contribution >= 0.6 is 0 Å². The number of hydrogen-bond donors (Lipinski definition) is 0. The van der Waals surface area contributed by atoms with Gasteiger partial charge in [0.25, 0.3) is 0 Å². The van der Waals surface area contributed by atoms with E-state index in [1.165, 1.54) is 117 Å². The van der Waals surface area contributed by atoms with Gasteiger partial charge in [0.2, 0.25) is 0 Å². The van der Waals surface area contributed by atoms with E-state index in [0.29, 0.717) is 0 Å². The molecule has 15 rings (SSSR count). The van der Waals surface area contributed by atoms with Gasteiger partial charge in [0.05, 0.1) is 16.8 Å². The highest BCUT2D eigenvalue weighted by atomic mass is 15.2. The number of fused-ring (bicyclic) bond motifs is 10. The van der Waals surface area contributed by atoms with Crippen molar-refractivity contribution < 1.29 is 0 Å². The second-order valence-electron chi connectivity index (χ2n) is 27.6. The minimum atomic E-state index is -0.674. The van der Waals surface area contributed by atoms with E-state index in [9.17, 15) is 0 Å². The number of benzene rings is 11. The highest BCUT2D eigenvalue weighted by molar-refractivity contribution is 6.94. The van der Waals surface area contributed by atoms with E-state index in [1.54, 1.807) is 0 Å². The highest BCUT2D eigenvalue weighted by Crippen LogP contribution is 2.61. The van der Waals surface area contributed by atoms with Crippen molar-refractivity contribution in [1.82, 2.24) is 0 Å². The van der Waals surface area contributed by atoms with Crippen LogP contribution < -0.4 is 25.5 Å². The van der Waals surface area contributed by atoms with Gasteiger partial charge in [-0.25, -0.2) is 0 Å². The molecule has 0 unspecified atom stereocenters. The zero-order valence-electron chi connectivity index (χ0n) is 49.8. The predicted octanol–water partition coefficient (Wildman–Crippen LogP) is 19.8. The summed E-state index contributed by atoms with van der Waals surface area (Å²) in [5.41, 5.74) is 24.7. The molecule has 1 aliphatic carbocycles. The molecule has 83 heavy (non-hydrogen) atoms. The molecule has 0 radical (unpaired) electrons. The van der Waals surface area contributed by atoms with Crippen LogP contribution in [0.4, 0.5) is 45.5 Å². The Morgan fingerprint density at radius 2 is 0.964 bits per heavy atom. The van der Waals surface area contributed by atoms with E-state index >= 15 is 0 Å². The molecule has 11 aromatic carbocycles. The van der Waals surface area contributed by atoms with E-state index < -0.39 is 5.41 Å². The van der Waals surface area contributed by atoms with Crippen molar-refractivity contribution in [3.05, 3.63) is 275 Å². The van der Waals surface area contributed by atoms with E-state index in [-0.39, 0.29) is 28.5 Å². The molecule has 0 saturated carbocycles. The molecule has 11 aromatic rings. The van der Waals surface area contributed by atoms with Crippen LogP contribution in [0.2, 0.25) is 0 Å². The van der Waals surface area contributed by atoms with Gasteiger partial charge in [-0.05, 0) is 178 Å². The van der Waals surface area contributed by atoms with Crippen molar-refractivity contribution in [2.45, 2.75) is 109 Å². The third-order valence-electron chi connectivity index (χ3n) is 19.6. The highest BCUT2D eigenvalue weighted by Gasteiger charge is 2.54. The molecule has 3 nitrogen and oxygen atoms in total. The molecule has 0 N–H and O–H groups in total. The lowest BCUT2D eigenvalue weighted by Gasteiger charge is -2.52. The number of rotatable bonds is 6. The van der Waals surface area contributed by atoms with Crippen LogP contribution in [0, 0.1) is 0 Å². The summed E-state index contributed by atoms with van der Waals surface area (Å²) in [6, 6.07) is 89.3. The normalized spacial score (nSPS) is 16.0. The molecule has 0 spiro atoms. The Morgan fingerprint density at radius 3 is 1.58 bits per heavy atom. The number of hydrogen-bond acceptors (Lipinski definition) is 3. The summed E-state index contributed by atoms with van der Waals surface area (Å²) in [5.74, 6) is 0. The van der Waals surface area contributed by atoms with Crippen LogP contribution in [0.5, 0.6) is 0 Å². The fraction of sp³-hybridized carbons (Fsp3) is 0.215. The second-order valence-corrected chi connectivity index (χ2v) is 27.6. The Balaban J connectivity index is 1.08. The van der Waals surface area contributed by atoms with Crippen LogP contribution in [0.15, 0.2) is 231 Å². The minimum absolute atomic E-state index is 0.0113. The molecule has 3 aliphatic heterocycles. The monoisotopic (exact) mass is 1070 g/mol. The van der Waals surface area contributed by atoms with E-state index in [0.717, 1.165) is 29.9 Å². The summed E-state index contributed by atoms with van der Waals surface area (Å²) >= 11 is 0. The fourth-order valence-electron chi connectivity index (χ4n) is 15.1. The Labute approximate surface area is 492 Å². The maximum atomic E-state index is 2.77. The quantitative estimate of drug-likeness (QED) is 0.154. The predicted molar refractivity (Wildman–Crippen MR) is 354 cm³/mol. The first-order valence-corrected chi connectivity index (χ1v) is 30.2. The summed E-state index contributed by atoms with van der Waals surface area (Å²) in [5, 5.41) is 4.94. The smallest absolute Gasteiger partial charge is 0.333 e. The van der Waals surface area contributed by atoms with Crippen molar-refractivity contribution in [3.8, 4) is 11.1 Å². The molecule has 0 atom stereocenters. The second kappa shape index (κ2) is 18.2. The van der Waals surface area contributed by atoms with Gasteiger partial charge in [-0.15, -0.1) is 0 Å². The third-order valence-corrected chi connectivity index (χ3v) is 19.6. The SMILES string of the molecule is CC(C)(C)c1ccc(N(c2ccc(C(C)(C)C)cc2)c2ccc3c(c2)N(c2ccc4c(c2)C(C)(C)CCC4(C)C)B2c4cccc5c4N(c4cc6ccccc6cc4C5(c4ccccc4)c4ccccc4)c4c2c-3cc2ccccc42)cc1. The molecule has 0 aromatic heterocycles. The maximum Gasteiger partial charge on any atom is 0.333 e. The summed E-state index contributed by atoms with van der Waals surface area (Å²) in [6.07, 6.45) is 2.29. The Bertz CT molecular complexity index is 4310. The fourth-order valence-corrected chi connectivity index (χ4v) is 15.1. The minimum Gasteiger partial charge on any atom is -0.376 e. The zero-order valence-corrected chi connectivity index (χ0v) is 49.8. The topological polar surface area (TPSA) is 9.72 Å². The lowest BCUT2D eigenvalue weighted by molar-refractivity contribution is 0.332. The van der Waals surface area contributed by atoms with E-state index in [1.807, 2.05) is 0 Å². The van der Waals surface area contributed by atoms with Gasteiger partial charge in [0.15, 0.2) is 0 Å². The number of nitrogens with zero attached hydrogens (tertiary/aromatic N) is 3. The Hall–Kier alpha value is -8.60. The number of para-hydroxylation sites is 1. The summed E-state index contributed by atoms with van der Waals surface area (Å²) in [6.45, 7) is 23.4. The van der Waals surface area contributed by atoms with Gasteiger partial charge >= 0.3 is 6.85 Å². The average Bonchev–Trinajstić information content (AvgIpc) is 0.749. The van der Waals surface area contributed by atoms with E-state index in [4.69, 9.17) is 0 Å². The molecule has 406 valence electrons. The van der Waals surface area contributed by atoms with Crippen LogP contribution in [0.3, 0.4) is 0 Å². The molecule has 4 heteroatoms. The molecule has 4 aliphatic rings. The van der Waals surface area contributed by atoms with Crippen molar-refractivity contribution in [3.63, 3.8) is 0 Å². The third kappa shape index (κ3) is 7.70. The van der Waals surface area contributed by atoms with Crippen molar-refractivity contribution in [2.75, 3.05) is 14.6 Å². The van der Waals surface area contributed by atoms with Gasteiger partial charge in [0, 0.05) is 45.1 Å². The zero-order chi connectivity index (χ0) is 57.0. The van der Waals surface area contributed by atoms with Crippen LogP contribution in [0.1, 0.15) is 127 Å². The molecule has 0 amide bonds. The van der Waals surface area contributed by atoms with Gasteiger partial charge in [-0.2, -0.15) is 0 Å². The first-order chi connectivity index (χ1) is 39.9. The standard InChI is InChI=1S/C79H72BN3/c1-75(2,3)54-32-36-58(37-33-54)81(59-38-34-55(35-39-59)76(4,5)6)60-40-42-63-64-46-53-24-19-20-29-62(53)73-72(64)80(83(70(63)50-60)61-41-43-65-67(49-61)78(9,10)45-44-77(65,7)8)69-31-21-30-66-74(69)82(73)71-48-52-23-18-17-22-51(52)47-68(71)79(66,56-25-13-11-14-26-56)57-27-15-12-16-28-57/h11-43,46-50H,44-45H2,1-10H3. The van der Waals surface area contributed by atoms with Crippen molar-refractivity contribution >= 4 is 84.8 Å². The van der Waals surface area contributed by atoms with Gasteiger partial charge in [-0.3, -0.25) is 0 Å². The summed E-state index contributed by atoms with van der Waals surface area (Å²) in [7, 11) is 0. The van der Waals surface area contributed by atoms with Crippen molar-refractivity contribution in [2.24, 2.45) is 0 Å². The van der Waals surface area contributed by atoms with Crippen LogP contribution in [-0.2, 0) is 27.1 Å². The average molecular weight is 1070 g/mol. The Kier molecular flexibility index (Phi) is 11.2. The lowest BCUT2D eigenvalue weighted by atomic mass is 9.42. The summed E-state index contributed by atoms with van der Waals surface area (Å²) in [4.78, 5) is 7.98. The first kappa shape index (κ1) is 51.3. The molecular formula is C79H72BN3. The molecule has 3 heterocycles. The lowest BCUT2D eigenvalue weighted by Crippen LogP contribution is -2.63. The van der Waals surface area contributed by atoms with Crippen molar-refractivity contribution in [1.29, 1.82) is 0 Å². The van der Waals surface area contributed by atoms with Crippen LogP contribution in [-0.4, -0.2) is 6.85 Å². The number of anilines is 8. The van der Waals surface area contributed by atoms with Gasteiger partial charge < -0.3 is 14.6 Å². The van der Waals surface area contributed by atoms with E-state index in [2.05, 4.69) is 314 Å². The van der Waals surface area contributed by atoms with Crippen LogP contribution in [0.25, 0.3) is 32.7 Å². The first-order valence-electron chi connectivity index (χ1n) is 30.2. The van der Waals surface area contributed by atoms with Gasteiger partial charge in [0.1, 0.15) is 0 Å². The van der Waals surface area contributed by atoms with Gasteiger partial charge in [-0.1, -0.05) is 233 Å². The molecule has 0 bridgehead atoms. The summed E-state index contributed by atoms with van der Waals surface area (Å²) < 4.78 is 0. The largest absolute Gasteiger partial charge is 0.376 e. The maximum absolute atomic E-state index is 2.77.